The van der Waals surface area contributed by atoms with Crippen LogP contribution in [0, 0.1) is 11.8 Å². The number of rotatable bonds is 20. The molecule has 2 aromatic heterocycles. The number of hydrogen-bond acceptors (Lipinski definition) is 7. The SMILES string of the molecule is CC(C)[C@H](NC(=O)N(C)Cc1ccccn1)C(=O)N[C@H](CC[C@H](O)[C@@H](Cc1ccccc1)NC(=O)[C@@H](NC(=O)N(C)Cc1ccccn1)C(C)C)Cc1ccccc1. The molecule has 4 rings (SSSR count). The molecule has 0 saturated heterocycles. The molecule has 5 atom stereocenters. The first kappa shape index (κ1) is 44.9. The van der Waals surface area contributed by atoms with Crippen molar-refractivity contribution in [3.8, 4) is 0 Å². The lowest BCUT2D eigenvalue weighted by atomic mass is 9.93. The summed E-state index contributed by atoms with van der Waals surface area (Å²) in [6.45, 7) is 8.01. The van der Waals surface area contributed by atoms with Crippen LogP contribution in [-0.2, 0) is 35.5 Å². The monoisotopic (exact) mass is 792 g/mol. The van der Waals surface area contributed by atoms with Gasteiger partial charge in [-0.1, -0.05) is 100 Å². The maximum Gasteiger partial charge on any atom is 0.318 e. The van der Waals surface area contributed by atoms with E-state index in [1.54, 1.807) is 32.6 Å². The lowest BCUT2D eigenvalue weighted by Gasteiger charge is -2.31. The van der Waals surface area contributed by atoms with E-state index < -0.39 is 48.2 Å². The van der Waals surface area contributed by atoms with Crippen molar-refractivity contribution in [2.24, 2.45) is 11.8 Å². The fourth-order valence-corrected chi connectivity index (χ4v) is 6.58. The van der Waals surface area contributed by atoms with Crippen molar-refractivity contribution >= 4 is 23.9 Å². The molecular formula is C45H60N8O5. The molecule has 0 saturated carbocycles. The summed E-state index contributed by atoms with van der Waals surface area (Å²) >= 11 is 0. The number of carbonyl (C=O) groups excluding carboxylic acids is 4. The predicted octanol–water partition coefficient (Wildman–Crippen LogP) is 5.10. The second-order valence-electron chi connectivity index (χ2n) is 15.5. The number of nitrogens with one attached hydrogen (secondary N) is 4. The smallest absolute Gasteiger partial charge is 0.318 e. The third kappa shape index (κ3) is 14.6. The van der Waals surface area contributed by atoms with Crippen LogP contribution in [0.2, 0.25) is 0 Å². The highest BCUT2D eigenvalue weighted by atomic mass is 16.3. The van der Waals surface area contributed by atoms with Gasteiger partial charge in [-0.25, -0.2) is 9.59 Å². The zero-order valence-corrected chi connectivity index (χ0v) is 34.5. The first-order valence-corrected chi connectivity index (χ1v) is 20.0. The zero-order chi connectivity index (χ0) is 42.0. The Kier molecular flexibility index (Phi) is 17.6. The summed E-state index contributed by atoms with van der Waals surface area (Å²) in [4.78, 5) is 65.9. The van der Waals surface area contributed by atoms with Gasteiger partial charge < -0.3 is 36.2 Å². The summed E-state index contributed by atoms with van der Waals surface area (Å²) in [6.07, 6.45) is 3.78. The number of carbonyl (C=O) groups is 4. The number of benzene rings is 2. The molecule has 58 heavy (non-hydrogen) atoms. The van der Waals surface area contributed by atoms with Crippen molar-refractivity contribution in [2.75, 3.05) is 14.1 Å². The topological polar surface area (TPSA) is 169 Å². The molecule has 0 bridgehead atoms. The van der Waals surface area contributed by atoms with Gasteiger partial charge in [-0.2, -0.15) is 0 Å². The van der Waals surface area contributed by atoms with Crippen LogP contribution in [0.4, 0.5) is 9.59 Å². The Bertz CT molecular complexity index is 1850. The van der Waals surface area contributed by atoms with Gasteiger partial charge in [0, 0.05) is 32.5 Å². The zero-order valence-electron chi connectivity index (χ0n) is 34.5. The largest absolute Gasteiger partial charge is 0.391 e. The summed E-state index contributed by atoms with van der Waals surface area (Å²) in [5.74, 6) is -1.21. The molecule has 13 nitrogen and oxygen atoms in total. The van der Waals surface area contributed by atoms with Crippen LogP contribution in [0.3, 0.4) is 0 Å². The highest BCUT2D eigenvalue weighted by Crippen LogP contribution is 2.17. The second-order valence-corrected chi connectivity index (χ2v) is 15.5. The highest BCUT2D eigenvalue weighted by Gasteiger charge is 2.32. The number of pyridine rings is 2. The van der Waals surface area contributed by atoms with Crippen LogP contribution in [0.15, 0.2) is 109 Å². The minimum Gasteiger partial charge on any atom is -0.391 e. The van der Waals surface area contributed by atoms with Gasteiger partial charge in [0.15, 0.2) is 0 Å². The van der Waals surface area contributed by atoms with E-state index in [1.165, 1.54) is 9.80 Å². The average molecular weight is 793 g/mol. The van der Waals surface area contributed by atoms with Crippen molar-refractivity contribution in [1.82, 2.24) is 41.0 Å². The molecule has 0 unspecified atom stereocenters. The second kappa shape index (κ2) is 22.8. The fraction of sp³-hybridized carbons (Fsp3) is 0.422. The van der Waals surface area contributed by atoms with Gasteiger partial charge in [-0.3, -0.25) is 19.6 Å². The molecule has 6 amide bonds. The molecule has 5 N–H and O–H groups in total. The quantitative estimate of drug-likeness (QED) is 0.0830. The van der Waals surface area contributed by atoms with E-state index in [2.05, 4.69) is 31.2 Å². The Hall–Kier alpha value is -5.82. The number of aliphatic hydroxyl groups is 1. The van der Waals surface area contributed by atoms with Gasteiger partial charge in [-0.15, -0.1) is 0 Å². The lowest BCUT2D eigenvalue weighted by molar-refractivity contribution is -0.125. The molecule has 0 spiro atoms. The van der Waals surface area contributed by atoms with Crippen molar-refractivity contribution in [3.05, 3.63) is 132 Å². The summed E-state index contributed by atoms with van der Waals surface area (Å²) in [5.41, 5.74) is 3.36. The molecule has 2 aromatic carbocycles. The van der Waals surface area contributed by atoms with E-state index in [0.717, 1.165) is 16.8 Å². The number of urea groups is 2. The Morgan fingerprint density at radius 3 is 1.43 bits per heavy atom. The van der Waals surface area contributed by atoms with E-state index in [4.69, 9.17) is 0 Å². The molecule has 0 fully saturated rings. The van der Waals surface area contributed by atoms with Gasteiger partial charge in [0.2, 0.25) is 11.8 Å². The van der Waals surface area contributed by atoms with E-state index in [-0.39, 0.29) is 37.3 Å². The van der Waals surface area contributed by atoms with E-state index in [1.807, 2.05) is 119 Å². The molecule has 0 radical (unpaired) electrons. The third-order valence-electron chi connectivity index (χ3n) is 9.97. The summed E-state index contributed by atoms with van der Waals surface area (Å²) in [5, 5.41) is 23.8. The van der Waals surface area contributed by atoms with Crippen LogP contribution in [0.25, 0.3) is 0 Å². The normalized spacial score (nSPS) is 13.7. The van der Waals surface area contributed by atoms with Crippen LogP contribution < -0.4 is 21.3 Å². The fourth-order valence-electron chi connectivity index (χ4n) is 6.58. The van der Waals surface area contributed by atoms with Crippen LogP contribution in [-0.4, -0.2) is 93.1 Å². The number of hydrogen-bond donors (Lipinski definition) is 5. The molecule has 0 aliphatic carbocycles. The minimum absolute atomic E-state index is 0.218. The third-order valence-corrected chi connectivity index (χ3v) is 9.97. The van der Waals surface area contributed by atoms with Gasteiger partial charge in [0.25, 0.3) is 0 Å². The summed E-state index contributed by atoms with van der Waals surface area (Å²) in [6, 6.07) is 26.7. The first-order valence-electron chi connectivity index (χ1n) is 20.0. The van der Waals surface area contributed by atoms with Crippen molar-refractivity contribution in [1.29, 1.82) is 0 Å². The summed E-state index contributed by atoms with van der Waals surface area (Å²) in [7, 11) is 3.30. The molecule has 4 aromatic rings. The number of nitrogens with zero attached hydrogens (tertiary/aromatic N) is 4. The molecule has 0 aliphatic rings. The van der Waals surface area contributed by atoms with Gasteiger partial charge in [0.1, 0.15) is 12.1 Å². The maximum absolute atomic E-state index is 13.9. The van der Waals surface area contributed by atoms with Crippen LogP contribution in [0.1, 0.15) is 63.1 Å². The predicted molar refractivity (Wildman–Crippen MR) is 225 cm³/mol. The van der Waals surface area contributed by atoms with Gasteiger partial charge in [0.05, 0.1) is 36.6 Å². The Balaban J connectivity index is 1.47. The molecule has 310 valence electrons. The maximum atomic E-state index is 13.9. The number of amides is 6. The lowest BCUT2D eigenvalue weighted by Crippen LogP contribution is -2.56. The summed E-state index contributed by atoms with van der Waals surface area (Å²) < 4.78 is 0. The highest BCUT2D eigenvalue weighted by molar-refractivity contribution is 5.88. The van der Waals surface area contributed by atoms with Gasteiger partial charge in [-0.05, 0) is 72.9 Å². The Morgan fingerprint density at radius 1 is 0.569 bits per heavy atom. The van der Waals surface area contributed by atoms with Crippen molar-refractivity contribution < 1.29 is 24.3 Å². The van der Waals surface area contributed by atoms with Gasteiger partial charge >= 0.3 is 12.1 Å². The van der Waals surface area contributed by atoms with E-state index >= 15 is 0 Å². The standard InChI is InChI=1S/C45H60N8O5/c1-31(2)40(50-44(57)52(5)29-36-21-13-15-25-46-36)42(55)48-35(27-33-17-9-7-10-18-33)23-24-39(54)38(28-34-19-11-8-12-20-34)49-43(56)41(32(3)4)51-45(58)53(6)30-37-22-14-16-26-47-37/h7-22,25-26,31-32,35,38-41,54H,23-24,27-30H2,1-6H3,(H,48,55)(H,49,56)(H,50,57)(H,51,58)/t35-,38-,39+,40+,41+/m1/s1. The van der Waals surface area contributed by atoms with E-state index in [0.29, 0.717) is 25.0 Å². The molecule has 0 aliphatic heterocycles. The molecular weight excluding hydrogens is 733 g/mol. The molecule has 2 heterocycles. The van der Waals surface area contributed by atoms with Crippen LogP contribution in [0.5, 0.6) is 0 Å². The Labute approximate surface area is 343 Å². The van der Waals surface area contributed by atoms with Crippen LogP contribution >= 0.6 is 0 Å². The number of aromatic nitrogens is 2. The average Bonchev–Trinajstić information content (AvgIpc) is 3.21. The van der Waals surface area contributed by atoms with Crippen molar-refractivity contribution in [3.63, 3.8) is 0 Å². The number of aliphatic hydroxyl groups excluding tert-OH is 1. The Morgan fingerprint density at radius 2 is 1.00 bits per heavy atom. The minimum atomic E-state index is -1.00. The molecule has 13 heteroatoms. The van der Waals surface area contributed by atoms with E-state index in [9.17, 15) is 24.3 Å². The van der Waals surface area contributed by atoms with Crippen molar-refractivity contribution in [2.45, 2.75) is 96.7 Å². The first-order chi connectivity index (χ1) is 27.8.